The summed E-state index contributed by atoms with van der Waals surface area (Å²) >= 11 is 6.36. The molecule has 3 N–H and O–H groups in total. The third-order valence-electron chi connectivity index (χ3n) is 9.77. The van der Waals surface area contributed by atoms with E-state index < -0.39 is 18.4 Å². The summed E-state index contributed by atoms with van der Waals surface area (Å²) in [6, 6.07) is 18.8. The van der Waals surface area contributed by atoms with Crippen molar-refractivity contribution in [1.29, 1.82) is 0 Å². The molecule has 4 aromatic carbocycles. The third kappa shape index (κ3) is 5.76. The molecule has 12 heteroatoms. The Hall–Kier alpha value is -5.00. The summed E-state index contributed by atoms with van der Waals surface area (Å²) in [5.41, 5.74) is 3.25. The van der Waals surface area contributed by atoms with Crippen LogP contribution in [0.2, 0.25) is 0 Å². The van der Waals surface area contributed by atoms with Gasteiger partial charge in [0.05, 0.1) is 36.5 Å². The Bertz CT molecular complexity index is 1970. The SMILES string of the molecule is COc1cc2c(cc1OCc1cccc(CC(=O)N3C[C@@H](CCl)c4c3cc(O)c3ccccc43)c1)N(C(=O)O)C(O)[C@@H]1CCCCN1C2=O. The Labute approximate surface area is 287 Å². The molecule has 3 aliphatic rings. The van der Waals surface area contributed by atoms with Gasteiger partial charge in [-0.3, -0.25) is 9.59 Å². The summed E-state index contributed by atoms with van der Waals surface area (Å²) in [6.07, 6.45) is -0.699. The lowest BCUT2D eigenvalue weighted by Gasteiger charge is -2.38. The van der Waals surface area contributed by atoms with Crippen LogP contribution in [0.5, 0.6) is 17.2 Å². The van der Waals surface area contributed by atoms with E-state index in [4.69, 9.17) is 21.1 Å². The maximum absolute atomic E-state index is 13.7. The first kappa shape index (κ1) is 32.5. The van der Waals surface area contributed by atoms with Crippen LogP contribution in [0, 0.1) is 0 Å². The highest BCUT2D eigenvalue weighted by Crippen LogP contribution is 2.45. The summed E-state index contributed by atoms with van der Waals surface area (Å²) in [5, 5.41) is 33.6. The molecule has 3 aliphatic heterocycles. The minimum absolute atomic E-state index is 0.0227. The molecule has 0 spiro atoms. The number of halogens is 1. The number of aliphatic hydroxyl groups excluding tert-OH is 1. The summed E-state index contributed by atoms with van der Waals surface area (Å²) in [7, 11) is 1.43. The number of hydrogen-bond acceptors (Lipinski definition) is 7. The van der Waals surface area contributed by atoms with E-state index in [2.05, 4.69) is 0 Å². The van der Waals surface area contributed by atoms with Gasteiger partial charge in [0.25, 0.3) is 5.91 Å². The number of carboxylic acid groups (broad SMARTS) is 1. The molecule has 0 radical (unpaired) electrons. The van der Waals surface area contributed by atoms with Crippen LogP contribution in [0.4, 0.5) is 16.2 Å². The Kier molecular flexibility index (Phi) is 8.72. The lowest BCUT2D eigenvalue weighted by molar-refractivity contribution is -0.117. The molecule has 11 nitrogen and oxygen atoms in total. The number of fused-ring (bicyclic) bond motifs is 5. The number of hydrogen-bond donors (Lipinski definition) is 3. The molecule has 1 fully saturated rings. The second-order valence-electron chi connectivity index (χ2n) is 12.7. The van der Waals surface area contributed by atoms with Crippen molar-refractivity contribution < 1.29 is 39.2 Å². The summed E-state index contributed by atoms with van der Waals surface area (Å²) in [5.74, 6) is 0.300. The molecule has 3 amide bonds. The lowest BCUT2D eigenvalue weighted by atomic mass is 9.95. The fraction of sp³-hybridized carbons (Fsp3) is 0.324. The van der Waals surface area contributed by atoms with Gasteiger partial charge in [0, 0.05) is 42.4 Å². The van der Waals surface area contributed by atoms with Gasteiger partial charge in [-0.2, -0.15) is 0 Å². The van der Waals surface area contributed by atoms with Gasteiger partial charge in [0.1, 0.15) is 12.4 Å². The van der Waals surface area contributed by atoms with Crippen molar-refractivity contribution in [2.75, 3.05) is 35.9 Å². The topological polar surface area (TPSA) is 140 Å². The fourth-order valence-corrected chi connectivity index (χ4v) is 7.70. The number of ether oxygens (including phenoxy) is 2. The fourth-order valence-electron chi connectivity index (χ4n) is 7.45. The molecule has 3 heterocycles. The molecular weight excluding hydrogens is 650 g/mol. The van der Waals surface area contributed by atoms with Crippen molar-refractivity contribution in [2.24, 2.45) is 0 Å². The molecule has 4 aromatic rings. The Morgan fingerprint density at radius 3 is 2.49 bits per heavy atom. The number of anilines is 2. The highest BCUT2D eigenvalue weighted by molar-refractivity contribution is 6.19. The van der Waals surface area contributed by atoms with Crippen LogP contribution < -0.4 is 19.3 Å². The number of phenols is 1. The number of piperidine rings is 1. The van der Waals surface area contributed by atoms with Gasteiger partial charge in [-0.25, -0.2) is 9.69 Å². The van der Waals surface area contributed by atoms with Gasteiger partial charge >= 0.3 is 6.09 Å². The first-order chi connectivity index (χ1) is 23.7. The first-order valence-corrected chi connectivity index (χ1v) is 16.8. The van der Waals surface area contributed by atoms with Gasteiger partial charge in [-0.15, -0.1) is 11.6 Å². The van der Waals surface area contributed by atoms with Crippen LogP contribution in [0.25, 0.3) is 10.8 Å². The zero-order chi connectivity index (χ0) is 34.4. The van der Waals surface area contributed by atoms with Gasteiger partial charge < -0.3 is 34.6 Å². The van der Waals surface area contributed by atoms with Crippen molar-refractivity contribution in [2.45, 2.75) is 50.5 Å². The van der Waals surface area contributed by atoms with Crippen LogP contribution in [-0.2, 0) is 17.8 Å². The highest BCUT2D eigenvalue weighted by Gasteiger charge is 2.44. The van der Waals surface area contributed by atoms with Crippen molar-refractivity contribution in [1.82, 2.24) is 4.90 Å². The number of carbonyl (C=O) groups excluding carboxylic acids is 2. The smallest absolute Gasteiger partial charge is 0.414 e. The number of methoxy groups -OCH3 is 1. The molecule has 7 rings (SSSR count). The largest absolute Gasteiger partial charge is 0.507 e. The van der Waals surface area contributed by atoms with E-state index in [1.54, 1.807) is 15.9 Å². The number of alkyl halides is 1. The number of nitrogens with zero attached hydrogens (tertiary/aromatic N) is 3. The van der Waals surface area contributed by atoms with Crippen LogP contribution >= 0.6 is 11.6 Å². The van der Waals surface area contributed by atoms with Crippen molar-refractivity contribution in [3.8, 4) is 17.2 Å². The van der Waals surface area contributed by atoms with Crippen molar-refractivity contribution >= 4 is 51.7 Å². The lowest BCUT2D eigenvalue weighted by Crippen LogP contribution is -2.54. The van der Waals surface area contributed by atoms with E-state index in [1.807, 2.05) is 48.5 Å². The Morgan fingerprint density at radius 2 is 1.73 bits per heavy atom. The van der Waals surface area contributed by atoms with E-state index in [9.17, 15) is 29.7 Å². The molecule has 0 aromatic heterocycles. The molecule has 1 unspecified atom stereocenters. The van der Waals surface area contributed by atoms with Gasteiger partial charge in [0.2, 0.25) is 5.91 Å². The first-order valence-electron chi connectivity index (χ1n) is 16.2. The van der Waals surface area contributed by atoms with Crippen molar-refractivity contribution in [3.63, 3.8) is 0 Å². The maximum Gasteiger partial charge on any atom is 0.414 e. The molecule has 254 valence electrons. The van der Waals surface area contributed by atoms with E-state index in [0.29, 0.717) is 31.1 Å². The van der Waals surface area contributed by atoms with Gasteiger partial charge in [-0.05, 0) is 47.4 Å². The number of benzene rings is 4. The van der Waals surface area contributed by atoms with E-state index in [-0.39, 0.29) is 59.3 Å². The molecule has 49 heavy (non-hydrogen) atoms. The molecular formula is C37H36ClN3O8. The average molecular weight is 686 g/mol. The minimum Gasteiger partial charge on any atom is -0.507 e. The van der Waals surface area contributed by atoms with Gasteiger partial charge in [-0.1, -0.05) is 48.5 Å². The second-order valence-corrected chi connectivity index (χ2v) is 13.0. The van der Waals surface area contributed by atoms with Crippen LogP contribution in [0.15, 0.2) is 66.7 Å². The predicted molar refractivity (Wildman–Crippen MR) is 184 cm³/mol. The minimum atomic E-state index is -1.44. The number of phenolic OH excluding ortho intramolecular Hbond substituents is 1. The Morgan fingerprint density at radius 1 is 0.959 bits per heavy atom. The standard InChI is InChI=1S/C37H36ClN3O8/c1-48-31-15-26-28(41(37(46)47)36(45)27-11-4-5-12-39(27)35(26)44)17-32(31)49-20-22-8-6-7-21(13-22)14-33(43)40-19-23(18-38)34-25-10-3-2-9-24(25)30(42)16-29(34)40/h2-3,6-10,13,15-17,23,27,36,42,45H,4-5,11-12,14,18-20H2,1H3,(H,46,47)/t23-,27+,36?/m1/s1. The van der Waals surface area contributed by atoms with Crippen LogP contribution in [0.1, 0.15) is 52.2 Å². The van der Waals surface area contributed by atoms with E-state index >= 15 is 0 Å². The highest BCUT2D eigenvalue weighted by atomic mass is 35.5. The maximum atomic E-state index is 13.7. The van der Waals surface area contributed by atoms with E-state index in [1.165, 1.54) is 19.2 Å². The quantitative estimate of drug-likeness (QED) is 0.206. The number of rotatable bonds is 7. The molecule has 0 saturated carbocycles. The monoisotopic (exact) mass is 685 g/mol. The number of carbonyl (C=O) groups is 3. The zero-order valence-corrected chi connectivity index (χ0v) is 27.6. The van der Waals surface area contributed by atoms with Crippen molar-refractivity contribution in [3.05, 3.63) is 89.0 Å². The summed E-state index contributed by atoms with van der Waals surface area (Å²) < 4.78 is 11.7. The predicted octanol–water partition coefficient (Wildman–Crippen LogP) is 5.86. The number of aliphatic hydroxyl groups is 1. The van der Waals surface area contributed by atoms with Gasteiger partial charge in [0.15, 0.2) is 17.7 Å². The van der Waals surface area contributed by atoms with Crippen LogP contribution in [0.3, 0.4) is 0 Å². The number of aromatic hydroxyl groups is 1. The third-order valence-corrected chi connectivity index (χ3v) is 10.1. The molecule has 0 bridgehead atoms. The summed E-state index contributed by atoms with van der Waals surface area (Å²) in [6.45, 7) is 0.884. The summed E-state index contributed by atoms with van der Waals surface area (Å²) in [4.78, 5) is 43.8. The molecule has 1 saturated heterocycles. The van der Waals surface area contributed by atoms with Crippen LogP contribution in [-0.4, -0.2) is 76.5 Å². The average Bonchev–Trinajstić information content (AvgIpc) is 3.45. The van der Waals surface area contributed by atoms with E-state index in [0.717, 1.165) is 45.2 Å². The zero-order valence-electron chi connectivity index (χ0n) is 26.8. The molecule has 3 atom stereocenters. The molecule has 0 aliphatic carbocycles. The Balaban J connectivity index is 1.12. The normalized spacial score (nSPS) is 20.0. The second kappa shape index (κ2) is 13.1. The number of amides is 3.